The van der Waals surface area contributed by atoms with E-state index in [-0.39, 0.29) is 5.92 Å². The first-order chi connectivity index (χ1) is 9.92. The van der Waals surface area contributed by atoms with Gasteiger partial charge in [0.1, 0.15) is 11.6 Å². The number of nitrogens with zero attached hydrogens (tertiary/aromatic N) is 2. The molecule has 1 heterocycles. The second-order valence-corrected chi connectivity index (χ2v) is 5.61. The third-order valence-corrected chi connectivity index (χ3v) is 3.35. The molecule has 0 spiro atoms. The van der Waals surface area contributed by atoms with Crippen LogP contribution in [0, 0.1) is 13.8 Å². The van der Waals surface area contributed by atoms with Gasteiger partial charge in [0.05, 0.1) is 5.56 Å². The molecule has 0 fully saturated rings. The summed E-state index contributed by atoms with van der Waals surface area (Å²) >= 11 is 5.96. The van der Waals surface area contributed by atoms with Crippen LogP contribution in [0.4, 0.5) is 5.82 Å². The number of aryl methyl sites for hydroxylation is 1. The maximum Gasteiger partial charge on any atom is 0.227 e. The number of benzene rings is 1. The molecular formula is C15H19ClN4O. The van der Waals surface area contributed by atoms with Crippen LogP contribution in [-0.2, 0) is 0 Å². The number of nitrogens with one attached hydrogen (secondary N) is 1. The van der Waals surface area contributed by atoms with E-state index in [0.717, 1.165) is 11.1 Å². The van der Waals surface area contributed by atoms with E-state index in [0.29, 0.717) is 28.3 Å². The fraction of sp³-hybridized carbons (Fsp3) is 0.333. The number of aromatic nitrogens is 2. The molecule has 2 rings (SSSR count). The number of hydrazine groups is 1. The third-order valence-electron chi connectivity index (χ3n) is 3.12. The first-order valence-corrected chi connectivity index (χ1v) is 7.09. The summed E-state index contributed by atoms with van der Waals surface area (Å²) in [5, 5.41) is 0.673. The van der Waals surface area contributed by atoms with Gasteiger partial charge in [0.15, 0.2) is 5.82 Å². The van der Waals surface area contributed by atoms with Crippen molar-refractivity contribution in [3.05, 3.63) is 40.2 Å². The van der Waals surface area contributed by atoms with Crippen molar-refractivity contribution in [1.29, 1.82) is 0 Å². The van der Waals surface area contributed by atoms with E-state index >= 15 is 0 Å². The molecular weight excluding hydrogens is 288 g/mol. The Hall–Kier alpha value is -1.85. The quantitative estimate of drug-likeness (QED) is 0.661. The normalized spacial score (nSPS) is 10.8. The molecule has 21 heavy (non-hydrogen) atoms. The lowest BCUT2D eigenvalue weighted by Gasteiger charge is -2.15. The molecule has 0 bridgehead atoms. The molecule has 3 N–H and O–H groups in total. The molecule has 112 valence electrons. The predicted octanol–water partition coefficient (Wildman–Crippen LogP) is 3.95. The van der Waals surface area contributed by atoms with Crippen LogP contribution in [0.2, 0.25) is 5.02 Å². The van der Waals surface area contributed by atoms with Gasteiger partial charge in [0, 0.05) is 10.9 Å². The van der Waals surface area contributed by atoms with Crippen LogP contribution in [0.1, 0.15) is 36.7 Å². The van der Waals surface area contributed by atoms with Gasteiger partial charge in [-0.1, -0.05) is 25.4 Å². The molecule has 1 aromatic heterocycles. The van der Waals surface area contributed by atoms with Crippen molar-refractivity contribution >= 4 is 17.4 Å². The first kappa shape index (κ1) is 15.5. The minimum atomic E-state index is 0.173. The highest BCUT2D eigenvalue weighted by Gasteiger charge is 2.15. The minimum Gasteiger partial charge on any atom is -0.438 e. The Morgan fingerprint density at radius 2 is 1.95 bits per heavy atom. The van der Waals surface area contributed by atoms with Gasteiger partial charge in [-0.2, -0.15) is 4.98 Å². The highest BCUT2D eigenvalue weighted by Crippen LogP contribution is 2.31. The molecule has 0 radical (unpaired) electrons. The van der Waals surface area contributed by atoms with Gasteiger partial charge in [0.25, 0.3) is 0 Å². The highest BCUT2D eigenvalue weighted by atomic mass is 35.5. The molecule has 2 aromatic rings. The Balaban J connectivity index is 2.45. The smallest absolute Gasteiger partial charge is 0.227 e. The molecule has 0 saturated carbocycles. The molecule has 0 saturated heterocycles. The second-order valence-electron chi connectivity index (χ2n) is 5.17. The van der Waals surface area contributed by atoms with Crippen molar-refractivity contribution in [2.24, 2.45) is 5.84 Å². The topological polar surface area (TPSA) is 73.1 Å². The predicted molar refractivity (Wildman–Crippen MR) is 84.9 cm³/mol. The largest absolute Gasteiger partial charge is 0.438 e. The number of anilines is 1. The van der Waals surface area contributed by atoms with Crippen molar-refractivity contribution in [1.82, 2.24) is 9.97 Å². The number of nitrogen functional groups attached to an aromatic ring is 1. The monoisotopic (exact) mass is 306 g/mol. The summed E-state index contributed by atoms with van der Waals surface area (Å²) in [5.41, 5.74) is 4.29. The van der Waals surface area contributed by atoms with Gasteiger partial charge >= 0.3 is 0 Å². The van der Waals surface area contributed by atoms with Crippen LogP contribution in [0.3, 0.4) is 0 Å². The number of rotatable bonds is 4. The lowest BCUT2D eigenvalue weighted by Crippen LogP contribution is -2.13. The van der Waals surface area contributed by atoms with E-state index in [1.807, 2.05) is 39.8 Å². The average Bonchev–Trinajstić information content (AvgIpc) is 2.43. The summed E-state index contributed by atoms with van der Waals surface area (Å²) in [4.78, 5) is 8.86. The van der Waals surface area contributed by atoms with E-state index in [2.05, 4.69) is 15.4 Å². The molecule has 0 atom stereocenters. The zero-order chi connectivity index (χ0) is 15.6. The van der Waals surface area contributed by atoms with Gasteiger partial charge in [-0.05, 0) is 37.6 Å². The van der Waals surface area contributed by atoms with Crippen molar-refractivity contribution in [2.75, 3.05) is 5.43 Å². The van der Waals surface area contributed by atoms with Crippen LogP contribution >= 0.6 is 11.6 Å². The highest BCUT2D eigenvalue weighted by molar-refractivity contribution is 6.30. The van der Waals surface area contributed by atoms with Gasteiger partial charge < -0.3 is 10.2 Å². The Bertz CT molecular complexity index is 658. The van der Waals surface area contributed by atoms with E-state index < -0.39 is 0 Å². The average molecular weight is 307 g/mol. The number of hydrogen-bond donors (Lipinski definition) is 2. The SMILES string of the molecule is Cc1cc(Cl)ccc1Oc1nc(C(C)C)nc(NN)c1C. The Kier molecular flexibility index (Phi) is 4.65. The first-order valence-electron chi connectivity index (χ1n) is 6.71. The van der Waals surface area contributed by atoms with E-state index in [1.165, 1.54) is 0 Å². The Labute approximate surface area is 129 Å². The van der Waals surface area contributed by atoms with Gasteiger partial charge in [-0.3, -0.25) is 0 Å². The zero-order valence-electron chi connectivity index (χ0n) is 12.6. The molecule has 5 nitrogen and oxygen atoms in total. The Morgan fingerprint density at radius 1 is 1.24 bits per heavy atom. The number of halogens is 1. The summed E-state index contributed by atoms with van der Waals surface area (Å²) < 4.78 is 5.92. The molecule has 0 aliphatic carbocycles. The van der Waals surface area contributed by atoms with Crippen molar-refractivity contribution in [3.8, 4) is 11.6 Å². The van der Waals surface area contributed by atoms with Crippen molar-refractivity contribution < 1.29 is 4.74 Å². The summed E-state index contributed by atoms with van der Waals surface area (Å²) in [7, 11) is 0. The summed E-state index contributed by atoms with van der Waals surface area (Å²) in [5.74, 6) is 8.13. The van der Waals surface area contributed by atoms with Crippen LogP contribution in [0.25, 0.3) is 0 Å². The van der Waals surface area contributed by atoms with Gasteiger partial charge in [0.2, 0.25) is 5.88 Å². The zero-order valence-corrected chi connectivity index (χ0v) is 13.3. The number of nitrogens with two attached hydrogens (primary N) is 1. The molecule has 6 heteroatoms. The van der Waals surface area contributed by atoms with Crippen LogP contribution in [0.5, 0.6) is 11.6 Å². The van der Waals surface area contributed by atoms with Crippen LogP contribution in [0.15, 0.2) is 18.2 Å². The molecule has 0 aliphatic rings. The third kappa shape index (κ3) is 3.43. The van der Waals surface area contributed by atoms with Gasteiger partial charge in [-0.15, -0.1) is 0 Å². The second kappa shape index (κ2) is 6.28. The van der Waals surface area contributed by atoms with E-state index in [9.17, 15) is 0 Å². The molecule has 0 aliphatic heterocycles. The Morgan fingerprint density at radius 3 is 2.52 bits per heavy atom. The molecule has 0 unspecified atom stereocenters. The fourth-order valence-electron chi connectivity index (χ4n) is 1.84. The van der Waals surface area contributed by atoms with Crippen molar-refractivity contribution in [2.45, 2.75) is 33.6 Å². The lowest BCUT2D eigenvalue weighted by atomic mass is 10.2. The summed E-state index contributed by atoms with van der Waals surface area (Å²) in [6.45, 7) is 7.83. The maximum atomic E-state index is 5.96. The molecule has 1 aromatic carbocycles. The number of ether oxygens (including phenoxy) is 1. The van der Waals surface area contributed by atoms with Crippen molar-refractivity contribution in [3.63, 3.8) is 0 Å². The van der Waals surface area contributed by atoms with Crippen LogP contribution < -0.4 is 16.0 Å². The fourth-order valence-corrected chi connectivity index (χ4v) is 2.07. The summed E-state index contributed by atoms with van der Waals surface area (Å²) in [6, 6.07) is 5.45. The maximum absolute atomic E-state index is 5.96. The van der Waals surface area contributed by atoms with E-state index in [1.54, 1.807) is 6.07 Å². The van der Waals surface area contributed by atoms with E-state index in [4.69, 9.17) is 22.2 Å². The van der Waals surface area contributed by atoms with Gasteiger partial charge in [-0.25, -0.2) is 10.8 Å². The minimum absolute atomic E-state index is 0.173. The standard InChI is InChI=1S/C15H19ClN4O/c1-8(2)13-18-14(20-17)10(4)15(19-13)21-12-6-5-11(16)7-9(12)3/h5-8H,17H2,1-4H3,(H,18,19,20). The van der Waals surface area contributed by atoms with Crippen LogP contribution in [-0.4, -0.2) is 9.97 Å². The summed E-state index contributed by atoms with van der Waals surface area (Å²) in [6.07, 6.45) is 0. The lowest BCUT2D eigenvalue weighted by molar-refractivity contribution is 0.450. The number of hydrogen-bond acceptors (Lipinski definition) is 5. The molecule has 0 amide bonds.